The van der Waals surface area contributed by atoms with Crippen LogP contribution in [0, 0.1) is 0 Å². The van der Waals surface area contributed by atoms with E-state index >= 15 is 0 Å². The van der Waals surface area contributed by atoms with Gasteiger partial charge in [0.2, 0.25) is 5.13 Å². The van der Waals surface area contributed by atoms with Crippen LogP contribution >= 0.6 is 62.2 Å². The van der Waals surface area contributed by atoms with Crippen LogP contribution in [0.4, 0.5) is 5.13 Å². The van der Waals surface area contributed by atoms with Gasteiger partial charge in [0.15, 0.2) is 15.8 Å². The third-order valence-corrected chi connectivity index (χ3v) is 10.0. The van der Waals surface area contributed by atoms with Crippen molar-refractivity contribution in [1.82, 2.24) is 10.2 Å². The largest absolute Gasteiger partial charge is 0.507 e. The molecule has 0 bridgehead atoms. The average molecular weight is 736 g/mol. The number of hydrogen-bond acceptors (Lipinski definition) is 9. The number of unbranched alkanes of at least 4 members (excludes halogenated alkanes) is 1. The molecule has 0 aliphatic carbocycles. The molecule has 4 aromatic rings. The molecule has 44 heavy (non-hydrogen) atoms. The molecule has 5 rings (SSSR count). The molecule has 1 amide bonds. The van der Waals surface area contributed by atoms with Gasteiger partial charge in [-0.1, -0.05) is 99.8 Å². The topological polar surface area (TPSA) is 102 Å². The standard InChI is InChI=1S/C31H26BrCl2N3O5S2/c1-3-4-13-42-23-12-8-18(14-24(23)41-2)26-25(27(38)17-5-9-20(32)10-6-17)28(39)29(40)37(26)30-35-36-31(44-30)43-16-19-7-11-21(33)15-22(19)34/h5-12,14-15,26,38H,3-4,13,16H2,1-2H3/b27-25-. The van der Waals surface area contributed by atoms with Crippen molar-refractivity contribution in [3.63, 3.8) is 0 Å². The van der Waals surface area contributed by atoms with Gasteiger partial charge in [0.25, 0.3) is 5.78 Å². The molecule has 1 aliphatic heterocycles. The fourth-order valence-corrected chi connectivity index (χ4v) is 7.24. The molecule has 1 fully saturated rings. The number of nitrogens with zero attached hydrogens (tertiary/aromatic N) is 3. The number of amides is 1. The maximum Gasteiger partial charge on any atom is 0.301 e. The van der Waals surface area contributed by atoms with E-state index in [1.54, 1.807) is 54.6 Å². The summed E-state index contributed by atoms with van der Waals surface area (Å²) in [7, 11) is 1.52. The number of rotatable bonds is 11. The number of carbonyl (C=O) groups is 2. The Balaban J connectivity index is 1.55. The number of hydrogen-bond donors (Lipinski definition) is 1. The number of thioether (sulfide) groups is 1. The van der Waals surface area contributed by atoms with Crippen LogP contribution < -0.4 is 14.4 Å². The zero-order chi connectivity index (χ0) is 31.4. The summed E-state index contributed by atoms with van der Waals surface area (Å²) in [6, 6.07) is 16.3. The van der Waals surface area contributed by atoms with E-state index in [-0.39, 0.29) is 16.5 Å². The number of aromatic nitrogens is 2. The molecule has 228 valence electrons. The highest BCUT2D eigenvalue weighted by molar-refractivity contribution is 9.10. The first-order chi connectivity index (χ1) is 21.2. The number of ketones is 1. The Morgan fingerprint density at radius 1 is 1.07 bits per heavy atom. The fourth-order valence-electron chi connectivity index (χ4n) is 4.54. The van der Waals surface area contributed by atoms with Crippen molar-refractivity contribution >= 4 is 84.8 Å². The monoisotopic (exact) mass is 733 g/mol. The molecular formula is C31H26BrCl2N3O5S2. The van der Waals surface area contributed by atoms with Gasteiger partial charge in [0.05, 0.1) is 25.3 Å². The Labute approximate surface area is 281 Å². The second kappa shape index (κ2) is 14.3. The predicted molar refractivity (Wildman–Crippen MR) is 178 cm³/mol. The average Bonchev–Trinajstić information content (AvgIpc) is 3.58. The number of aliphatic hydroxyl groups excluding tert-OH is 1. The maximum atomic E-state index is 13.6. The molecular weight excluding hydrogens is 709 g/mol. The zero-order valence-electron chi connectivity index (χ0n) is 23.6. The Kier molecular flexibility index (Phi) is 10.5. The molecule has 1 N–H and O–H groups in total. The number of ether oxygens (including phenoxy) is 2. The van der Waals surface area contributed by atoms with Gasteiger partial charge in [-0.2, -0.15) is 0 Å². The van der Waals surface area contributed by atoms with Crippen molar-refractivity contribution in [1.29, 1.82) is 0 Å². The van der Waals surface area contributed by atoms with Gasteiger partial charge in [-0.25, -0.2) is 0 Å². The normalized spacial score (nSPS) is 16.0. The van der Waals surface area contributed by atoms with Crippen molar-refractivity contribution in [3.05, 3.63) is 97.4 Å². The van der Waals surface area contributed by atoms with E-state index in [4.69, 9.17) is 32.7 Å². The van der Waals surface area contributed by atoms with Gasteiger partial charge in [-0.05, 0) is 53.9 Å². The summed E-state index contributed by atoms with van der Waals surface area (Å²) in [5.74, 6) is -0.514. The minimum atomic E-state index is -1.01. The molecule has 8 nitrogen and oxygen atoms in total. The SMILES string of the molecule is CCCCOc1ccc(C2/C(=C(/O)c3ccc(Br)cc3)C(=O)C(=O)N2c2nnc(SCc3ccc(Cl)cc3Cl)s2)cc1OC. The predicted octanol–water partition coefficient (Wildman–Crippen LogP) is 8.71. The van der Waals surface area contributed by atoms with Gasteiger partial charge in [0.1, 0.15) is 5.76 Å². The smallest absolute Gasteiger partial charge is 0.301 e. The molecule has 1 saturated heterocycles. The van der Waals surface area contributed by atoms with Crippen molar-refractivity contribution in [2.24, 2.45) is 0 Å². The highest BCUT2D eigenvalue weighted by atomic mass is 79.9. The Bertz CT molecular complexity index is 1730. The number of carbonyl (C=O) groups excluding carboxylic acids is 2. The molecule has 3 aromatic carbocycles. The minimum absolute atomic E-state index is 0.0728. The van der Waals surface area contributed by atoms with E-state index < -0.39 is 17.7 Å². The van der Waals surface area contributed by atoms with Gasteiger partial charge < -0.3 is 14.6 Å². The first-order valence-corrected chi connectivity index (χ1v) is 16.8. The van der Waals surface area contributed by atoms with Crippen LogP contribution in [0.25, 0.3) is 5.76 Å². The Morgan fingerprint density at radius 3 is 2.55 bits per heavy atom. The Morgan fingerprint density at radius 2 is 1.84 bits per heavy atom. The van der Waals surface area contributed by atoms with Crippen molar-refractivity contribution in [2.45, 2.75) is 35.9 Å². The fraction of sp³-hybridized carbons (Fsp3) is 0.226. The first-order valence-electron chi connectivity index (χ1n) is 13.5. The second-order valence-electron chi connectivity index (χ2n) is 9.66. The molecule has 0 radical (unpaired) electrons. The quantitative estimate of drug-likeness (QED) is 0.0408. The number of halogens is 3. The summed E-state index contributed by atoms with van der Waals surface area (Å²) in [6.45, 7) is 2.59. The van der Waals surface area contributed by atoms with E-state index in [9.17, 15) is 14.7 Å². The number of benzene rings is 3. The van der Waals surface area contributed by atoms with Crippen LogP contribution in [0.3, 0.4) is 0 Å². The van der Waals surface area contributed by atoms with Gasteiger partial charge >= 0.3 is 5.91 Å². The van der Waals surface area contributed by atoms with Gasteiger partial charge in [-0.3, -0.25) is 14.5 Å². The number of Topliss-reactive ketones (excluding diaryl/α,β-unsaturated/α-hetero) is 1. The van der Waals surface area contributed by atoms with Crippen molar-refractivity contribution < 1.29 is 24.2 Å². The third-order valence-electron chi connectivity index (χ3n) is 6.79. The van der Waals surface area contributed by atoms with Crippen LogP contribution in [0.2, 0.25) is 10.0 Å². The van der Waals surface area contributed by atoms with Crippen LogP contribution in [-0.4, -0.2) is 40.7 Å². The van der Waals surface area contributed by atoms with E-state index in [0.717, 1.165) is 34.2 Å². The summed E-state index contributed by atoms with van der Waals surface area (Å²) >= 11 is 18.3. The molecule has 1 aromatic heterocycles. The summed E-state index contributed by atoms with van der Waals surface area (Å²) in [4.78, 5) is 28.5. The van der Waals surface area contributed by atoms with E-state index in [1.807, 2.05) is 6.07 Å². The highest BCUT2D eigenvalue weighted by Gasteiger charge is 2.48. The van der Waals surface area contributed by atoms with Crippen molar-refractivity contribution in [3.8, 4) is 11.5 Å². The minimum Gasteiger partial charge on any atom is -0.507 e. The van der Waals surface area contributed by atoms with Crippen LogP contribution in [0.15, 0.2) is 75.0 Å². The summed E-state index contributed by atoms with van der Waals surface area (Å²) < 4.78 is 12.9. The van der Waals surface area contributed by atoms with Gasteiger partial charge in [0, 0.05) is 25.8 Å². The molecule has 2 heterocycles. The van der Waals surface area contributed by atoms with Crippen molar-refractivity contribution in [2.75, 3.05) is 18.6 Å². The lowest BCUT2D eigenvalue weighted by atomic mass is 9.95. The lowest BCUT2D eigenvalue weighted by Crippen LogP contribution is -2.29. The van der Waals surface area contributed by atoms with Crippen LogP contribution in [0.5, 0.6) is 11.5 Å². The first kappa shape index (κ1) is 32.3. The zero-order valence-corrected chi connectivity index (χ0v) is 28.3. The summed E-state index contributed by atoms with van der Waals surface area (Å²) in [6.07, 6.45) is 1.85. The molecule has 0 saturated carbocycles. The van der Waals surface area contributed by atoms with E-state index in [2.05, 4.69) is 33.1 Å². The van der Waals surface area contributed by atoms with E-state index in [0.29, 0.717) is 49.4 Å². The van der Waals surface area contributed by atoms with Crippen LogP contribution in [0.1, 0.15) is 42.5 Å². The number of methoxy groups -OCH3 is 1. The lowest BCUT2D eigenvalue weighted by molar-refractivity contribution is -0.132. The molecule has 0 spiro atoms. The van der Waals surface area contributed by atoms with Gasteiger partial charge in [-0.15, -0.1) is 10.2 Å². The second-order valence-corrected chi connectivity index (χ2v) is 13.6. The molecule has 13 heteroatoms. The lowest BCUT2D eigenvalue weighted by Gasteiger charge is -2.23. The summed E-state index contributed by atoms with van der Waals surface area (Å²) in [5, 5.41) is 21.3. The molecule has 1 atom stereocenters. The molecule has 1 aliphatic rings. The maximum absolute atomic E-state index is 13.6. The number of aliphatic hydroxyl groups is 1. The highest BCUT2D eigenvalue weighted by Crippen LogP contribution is 2.46. The summed E-state index contributed by atoms with van der Waals surface area (Å²) in [5.41, 5.74) is 1.70. The molecule has 1 unspecified atom stereocenters. The van der Waals surface area contributed by atoms with E-state index in [1.165, 1.54) is 23.8 Å². The van der Waals surface area contributed by atoms with Crippen LogP contribution in [-0.2, 0) is 15.3 Å². The Hall–Kier alpha value is -3.09. The third kappa shape index (κ3) is 6.92. The number of anilines is 1.